The van der Waals surface area contributed by atoms with Crippen molar-refractivity contribution in [2.45, 2.75) is 57.9 Å². The Kier molecular flexibility index (Phi) is 3.36. The minimum atomic E-state index is -0.701. The largest absolute Gasteiger partial charge is 0.480 e. The fourth-order valence-corrected chi connectivity index (χ4v) is 5.39. The summed E-state index contributed by atoms with van der Waals surface area (Å²) in [5, 5.41) is 9.07. The molecule has 4 fully saturated rings. The maximum atomic E-state index is 11.0. The molecule has 19 heavy (non-hydrogen) atoms. The Labute approximate surface area is 116 Å². The molecule has 4 aliphatic rings. The molecule has 0 radical (unpaired) electrons. The Balaban J connectivity index is 1.59. The van der Waals surface area contributed by atoms with Crippen LogP contribution in [0.2, 0.25) is 0 Å². The van der Waals surface area contributed by atoms with Crippen LogP contribution < -0.4 is 0 Å². The predicted octanol–water partition coefficient (Wildman–Crippen LogP) is 3.00. The van der Waals surface area contributed by atoms with E-state index in [1.807, 2.05) is 11.9 Å². The Morgan fingerprint density at radius 2 is 1.68 bits per heavy atom. The summed E-state index contributed by atoms with van der Waals surface area (Å²) in [6.07, 6.45) is 9.95. The molecule has 4 aliphatic carbocycles. The summed E-state index contributed by atoms with van der Waals surface area (Å²) in [4.78, 5) is 13.0. The SMILES string of the molecule is CC(C(=O)O)N(C)CCC12CC3CC(CC(C3)C1)C2. The van der Waals surface area contributed by atoms with Gasteiger partial charge in [0.1, 0.15) is 6.04 Å². The number of rotatable bonds is 5. The second kappa shape index (κ2) is 4.76. The minimum Gasteiger partial charge on any atom is -0.480 e. The van der Waals surface area contributed by atoms with Gasteiger partial charge in [-0.15, -0.1) is 0 Å². The predicted molar refractivity (Wildman–Crippen MR) is 74.9 cm³/mol. The van der Waals surface area contributed by atoms with E-state index in [2.05, 4.69) is 0 Å². The van der Waals surface area contributed by atoms with Crippen molar-refractivity contribution in [3.05, 3.63) is 0 Å². The van der Waals surface area contributed by atoms with Crippen LogP contribution in [0.1, 0.15) is 51.9 Å². The Morgan fingerprint density at radius 3 is 2.11 bits per heavy atom. The summed E-state index contributed by atoms with van der Waals surface area (Å²) in [6, 6.07) is -0.353. The molecule has 0 spiro atoms. The average molecular weight is 265 g/mol. The van der Waals surface area contributed by atoms with Crippen molar-refractivity contribution >= 4 is 5.97 Å². The van der Waals surface area contributed by atoms with Crippen LogP contribution >= 0.6 is 0 Å². The molecule has 1 unspecified atom stereocenters. The van der Waals surface area contributed by atoms with Crippen LogP contribution in [0.5, 0.6) is 0 Å². The van der Waals surface area contributed by atoms with E-state index < -0.39 is 5.97 Å². The molecule has 0 heterocycles. The molecule has 1 N–H and O–H groups in total. The van der Waals surface area contributed by atoms with Crippen LogP contribution in [0.3, 0.4) is 0 Å². The molecule has 0 amide bonds. The third-order valence-electron chi connectivity index (χ3n) is 6.18. The van der Waals surface area contributed by atoms with E-state index in [-0.39, 0.29) is 6.04 Å². The molecule has 3 nitrogen and oxygen atoms in total. The van der Waals surface area contributed by atoms with Crippen molar-refractivity contribution < 1.29 is 9.90 Å². The van der Waals surface area contributed by atoms with Gasteiger partial charge < -0.3 is 5.11 Å². The van der Waals surface area contributed by atoms with Crippen molar-refractivity contribution in [1.82, 2.24) is 4.90 Å². The molecule has 0 aromatic rings. The van der Waals surface area contributed by atoms with E-state index >= 15 is 0 Å². The highest BCUT2D eigenvalue weighted by Crippen LogP contribution is 2.61. The second-order valence-corrected chi connectivity index (χ2v) is 7.66. The highest BCUT2D eigenvalue weighted by molar-refractivity contribution is 5.72. The van der Waals surface area contributed by atoms with Gasteiger partial charge in [-0.2, -0.15) is 0 Å². The first-order valence-corrected chi connectivity index (χ1v) is 7.90. The monoisotopic (exact) mass is 265 g/mol. The number of nitrogens with zero attached hydrogens (tertiary/aromatic N) is 1. The third-order valence-corrected chi connectivity index (χ3v) is 6.18. The van der Waals surface area contributed by atoms with E-state index in [1.54, 1.807) is 6.92 Å². The van der Waals surface area contributed by atoms with Crippen LogP contribution in [-0.4, -0.2) is 35.6 Å². The zero-order valence-electron chi connectivity index (χ0n) is 12.3. The lowest BCUT2D eigenvalue weighted by Crippen LogP contribution is -2.48. The molecule has 108 valence electrons. The van der Waals surface area contributed by atoms with Gasteiger partial charge in [-0.1, -0.05) is 0 Å². The first-order valence-electron chi connectivity index (χ1n) is 7.90. The number of hydrogen-bond acceptors (Lipinski definition) is 2. The standard InChI is InChI=1S/C16H27NO2/c1-11(15(18)19)17(2)4-3-16-8-12-5-13(9-16)7-14(6-12)10-16/h11-14H,3-10H2,1-2H3,(H,18,19). The highest BCUT2D eigenvalue weighted by atomic mass is 16.4. The summed E-state index contributed by atoms with van der Waals surface area (Å²) >= 11 is 0. The number of carboxylic acid groups (broad SMARTS) is 1. The number of aliphatic carboxylic acids is 1. The minimum absolute atomic E-state index is 0.353. The molecule has 0 saturated heterocycles. The quantitative estimate of drug-likeness (QED) is 0.830. The van der Waals surface area contributed by atoms with Gasteiger partial charge in [-0.25, -0.2) is 0 Å². The zero-order valence-corrected chi connectivity index (χ0v) is 12.3. The van der Waals surface area contributed by atoms with Crippen molar-refractivity contribution in [2.75, 3.05) is 13.6 Å². The summed E-state index contributed by atoms with van der Waals surface area (Å²) in [5.41, 5.74) is 0.571. The lowest BCUT2D eigenvalue weighted by atomic mass is 9.49. The van der Waals surface area contributed by atoms with Crippen molar-refractivity contribution in [3.63, 3.8) is 0 Å². The van der Waals surface area contributed by atoms with Gasteiger partial charge in [0.15, 0.2) is 0 Å². The van der Waals surface area contributed by atoms with Gasteiger partial charge in [0.05, 0.1) is 0 Å². The van der Waals surface area contributed by atoms with Crippen LogP contribution in [-0.2, 0) is 4.79 Å². The lowest BCUT2D eigenvalue weighted by molar-refractivity contribution is -0.142. The summed E-state index contributed by atoms with van der Waals surface area (Å²) in [5.74, 6) is 2.28. The number of carboxylic acids is 1. The molecule has 0 aliphatic heterocycles. The molecule has 0 aromatic heterocycles. The van der Waals surface area contributed by atoms with Crippen molar-refractivity contribution in [1.29, 1.82) is 0 Å². The molecule has 4 saturated carbocycles. The van der Waals surface area contributed by atoms with Gasteiger partial charge in [0.2, 0.25) is 0 Å². The van der Waals surface area contributed by atoms with Crippen molar-refractivity contribution in [2.24, 2.45) is 23.2 Å². The van der Waals surface area contributed by atoms with Gasteiger partial charge >= 0.3 is 5.97 Å². The van der Waals surface area contributed by atoms with Gasteiger partial charge in [0, 0.05) is 0 Å². The normalized spacial score (nSPS) is 41.7. The number of hydrogen-bond donors (Lipinski definition) is 1. The molecule has 3 heteroatoms. The van der Waals surface area contributed by atoms with Crippen molar-refractivity contribution in [3.8, 4) is 0 Å². The fraction of sp³-hybridized carbons (Fsp3) is 0.938. The van der Waals surface area contributed by atoms with Crippen LogP contribution in [0.4, 0.5) is 0 Å². The van der Waals surface area contributed by atoms with E-state index in [0.29, 0.717) is 5.41 Å². The average Bonchev–Trinajstić information content (AvgIpc) is 2.33. The molecular formula is C16H27NO2. The number of likely N-dealkylation sites (N-methyl/N-ethyl adjacent to an activating group) is 1. The highest BCUT2D eigenvalue weighted by Gasteiger charge is 2.50. The lowest BCUT2D eigenvalue weighted by Gasteiger charge is -2.57. The summed E-state index contributed by atoms with van der Waals surface area (Å²) in [6.45, 7) is 2.74. The smallest absolute Gasteiger partial charge is 0.320 e. The van der Waals surface area contributed by atoms with Crippen LogP contribution in [0.15, 0.2) is 0 Å². The second-order valence-electron chi connectivity index (χ2n) is 7.66. The molecular weight excluding hydrogens is 238 g/mol. The third kappa shape index (κ3) is 2.54. The molecule has 4 rings (SSSR count). The summed E-state index contributed by atoms with van der Waals surface area (Å²) in [7, 11) is 1.96. The Hall–Kier alpha value is -0.570. The van der Waals surface area contributed by atoms with E-state index in [1.165, 1.54) is 44.9 Å². The molecule has 1 atom stereocenters. The zero-order chi connectivity index (χ0) is 13.6. The summed E-state index contributed by atoms with van der Waals surface area (Å²) < 4.78 is 0. The Bertz CT molecular complexity index is 330. The Morgan fingerprint density at radius 1 is 1.21 bits per heavy atom. The number of carbonyl (C=O) groups is 1. The topological polar surface area (TPSA) is 40.5 Å². The maximum absolute atomic E-state index is 11.0. The van der Waals surface area contributed by atoms with E-state index in [9.17, 15) is 4.79 Å². The first-order chi connectivity index (χ1) is 8.97. The van der Waals surface area contributed by atoms with Gasteiger partial charge in [-0.05, 0) is 88.6 Å². The molecule has 0 aromatic carbocycles. The fourth-order valence-electron chi connectivity index (χ4n) is 5.39. The van der Waals surface area contributed by atoms with Gasteiger partial charge in [-0.3, -0.25) is 9.69 Å². The molecule has 4 bridgehead atoms. The van der Waals surface area contributed by atoms with E-state index in [4.69, 9.17) is 5.11 Å². The van der Waals surface area contributed by atoms with Gasteiger partial charge in [0.25, 0.3) is 0 Å². The maximum Gasteiger partial charge on any atom is 0.320 e. The van der Waals surface area contributed by atoms with Crippen LogP contribution in [0.25, 0.3) is 0 Å². The van der Waals surface area contributed by atoms with Crippen LogP contribution in [0, 0.1) is 23.2 Å². The first kappa shape index (κ1) is 13.4. The van der Waals surface area contributed by atoms with E-state index in [0.717, 1.165) is 24.3 Å².